The zero-order valence-electron chi connectivity index (χ0n) is 15.8. The first kappa shape index (κ1) is 19.2. The first-order valence-electron chi connectivity index (χ1n) is 9.25. The Hall–Kier alpha value is -3.13. The number of para-hydroxylation sites is 1. The number of carbonyl (C=O) groups excluding carboxylic acids is 2. The fraction of sp³-hybridized carbons (Fsp3) is 0.238. The third kappa shape index (κ3) is 3.88. The molecule has 0 unspecified atom stereocenters. The highest BCUT2D eigenvalue weighted by Gasteiger charge is 2.25. The number of aromatic nitrogens is 2. The maximum atomic E-state index is 12.8. The van der Waals surface area contributed by atoms with Gasteiger partial charge >= 0.3 is 5.97 Å². The minimum absolute atomic E-state index is 0.0200. The number of H-pyrrole nitrogens is 1. The second-order valence-corrected chi connectivity index (χ2v) is 8.23. The molecule has 8 heteroatoms. The number of ether oxygens (including phenoxy) is 1. The van der Waals surface area contributed by atoms with Crippen LogP contribution in [0.3, 0.4) is 0 Å². The molecule has 0 radical (unpaired) electrons. The minimum Gasteiger partial charge on any atom is -0.451 e. The van der Waals surface area contributed by atoms with E-state index in [-0.39, 0.29) is 17.2 Å². The maximum absolute atomic E-state index is 12.8. The van der Waals surface area contributed by atoms with Gasteiger partial charge in [0.2, 0.25) is 0 Å². The summed E-state index contributed by atoms with van der Waals surface area (Å²) < 4.78 is 5.25. The smallest absolute Gasteiger partial charge is 0.359 e. The molecule has 1 aliphatic rings. The number of rotatable bonds is 3. The van der Waals surface area contributed by atoms with Gasteiger partial charge in [0.15, 0.2) is 12.3 Å². The number of carbonyl (C=O) groups is 2. The first-order valence-corrected chi connectivity index (χ1v) is 10.1. The second kappa shape index (κ2) is 8.08. The van der Waals surface area contributed by atoms with E-state index in [1.54, 1.807) is 40.9 Å². The van der Waals surface area contributed by atoms with E-state index in [9.17, 15) is 14.4 Å². The Morgan fingerprint density at radius 2 is 1.90 bits per heavy atom. The number of nitrogens with one attached hydrogen (secondary N) is 1. The second-order valence-electron chi connectivity index (χ2n) is 6.75. The summed E-state index contributed by atoms with van der Waals surface area (Å²) in [6.07, 6.45) is 0.838. The van der Waals surface area contributed by atoms with Crippen LogP contribution in [0.5, 0.6) is 0 Å². The van der Waals surface area contributed by atoms with E-state index in [1.165, 1.54) is 0 Å². The summed E-state index contributed by atoms with van der Waals surface area (Å²) in [7, 11) is 0. The van der Waals surface area contributed by atoms with Gasteiger partial charge in [-0.15, -0.1) is 11.8 Å². The van der Waals surface area contributed by atoms with Gasteiger partial charge in [-0.05, 0) is 24.6 Å². The topological polar surface area (TPSA) is 92.4 Å². The molecular weight excluding hydrogens is 390 g/mol. The molecule has 0 fully saturated rings. The summed E-state index contributed by atoms with van der Waals surface area (Å²) in [6, 6.07) is 14.4. The average Bonchev–Trinajstić information content (AvgIpc) is 2.90. The molecular formula is C21H19N3O4S. The Labute approximate surface area is 171 Å². The number of esters is 1. The van der Waals surface area contributed by atoms with Gasteiger partial charge in [0.1, 0.15) is 0 Å². The number of thioether (sulfide) groups is 1. The lowest BCUT2D eigenvalue weighted by Gasteiger charge is -2.22. The Bertz CT molecular complexity index is 1140. The molecule has 4 rings (SSSR count). The van der Waals surface area contributed by atoms with Crippen molar-refractivity contribution < 1.29 is 14.3 Å². The number of amides is 1. The largest absolute Gasteiger partial charge is 0.451 e. The van der Waals surface area contributed by atoms with Crippen LogP contribution in [0.4, 0.5) is 5.69 Å². The van der Waals surface area contributed by atoms with E-state index in [0.29, 0.717) is 22.6 Å². The van der Waals surface area contributed by atoms with Gasteiger partial charge in [0.25, 0.3) is 11.5 Å². The van der Waals surface area contributed by atoms with E-state index in [2.05, 4.69) is 17.1 Å². The number of nitrogens with zero attached hydrogens (tertiary/aromatic N) is 2. The third-order valence-electron chi connectivity index (χ3n) is 4.76. The molecule has 2 heterocycles. The van der Waals surface area contributed by atoms with Gasteiger partial charge in [0, 0.05) is 22.1 Å². The molecule has 0 saturated heterocycles. The van der Waals surface area contributed by atoms with Gasteiger partial charge in [-0.3, -0.25) is 9.59 Å². The lowest BCUT2D eigenvalue weighted by Crippen LogP contribution is -2.36. The van der Waals surface area contributed by atoms with E-state index in [1.807, 2.05) is 24.3 Å². The fourth-order valence-corrected chi connectivity index (χ4v) is 4.40. The third-order valence-corrected chi connectivity index (χ3v) is 6.00. The fourth-order valence-electron chi connectivity index (χ4n) is 3.29. The van der Waals surface area contributed by atoms with Gasteiger partial charge in [-0.2, -0.15) is 5.10 Å². The highest BCUT2D eigenvalue weighted by atomic mass is 32.2. The summed E-state index contributed by atoms with van der Waals surface area (Å²) in [4.78, 5) is 39.9. The molecule has 0 saturated carbocycles. The van der Waals surface area contributed by atoms with Crippen molar-refractivity contribution in [3.8, 4) is 0 Å². The SMILES string of the molecule is C[C@@H]1CCN(C(=O)COC(=O)c2n[nH]c(=O)c3ccccc23)c2ccccc2S1. The van der Waals surface area contributed by atoms with Crippen LogP contribution in [0.2, 0.25) is 0 Å². The van der Waals surface area contributed by atoms with Crippen molar-refractivity contribution in [3.63, 3.8) is 0 Å². The molecule has 1 aromatic heterocycles. The summed E-state index contributed by atoms with van der Waals surface area (Å²) in [6.45, 7) is 2.28. The van der Waals surface area contributed by atoms with Crippen molar-refractivity contribution in [2.24, 2.45) is 0 Å². The summed E-state index contributed by atoms with van der Waals surface area (Å²) in [5, 5.41) is 7.23. The average molecular weight is 409 g/mol. The van der Waals surface area contributed by atoms with Crippen LogP contribution in [0.1, 0.15) is 23.8 Å². The van der Waals surface area contributed by atoms with E-state index >= 15 is 0 Å². The van der Waals surface area contributed by atoms with Crippen LogP contribution in [0.25, 0.3) is 10.8 Å². The van der Waals surface area contributed by atoms with Crippen molar-refractivity contribution in [2.75, 3.05) is 18.1 Å². The Kier molecular flexibility index (Phi) is 5.35. The van der Waals surface area contributed by atoms with Gasteiger partial charge in [0.05, 0.1) is 11.1 Å². The van der Waals surface area contributed by atoms with Crippen LogP contribution < -0.4 is 10.5 Å². The van der Waals surface area contributed by atoms with Gasteiger partial charge < -0.3 is 9.64 Å². The molecule has 0 bridgehead atoms. The van der Waals surface area contributed by atoms with E-state index in [0.717, 1.165) is 17.0 Å². The first-order chi connectivity index (χ1) is 14.0. The van der Waals surface area contributed by atoms with Crippen LogP contribution >= 0.6 is 11.8 Å². The molecule has 0 aliphatic carbocycles. The molecule has 3 aromatic rings. The lowest BCUT2D eigenvalue weighted by atomic mass is 10.1. The van der Waals surface area contributed by atoms with Crippen molar-refractivity contribution in [3.05, 3.63) is 64.6 Å². The minimum atomic E-state index is -0.753. The lowest BCUT2D eigenvalue weighted by molar-refractivity contribution is -0.121. The monoisotopic (exact) mass is 409 g/mol. The highest BCUT2D eigenvalue weighted by Crippen LogP contribution is 2.37. The Balaban J connectivity index is 1.53. The van der Waals surface area contributed by atoms with Crippen molar-refractivity contribution >= 4 is 40.1 Å². The highest BCUT2D eigenvalue weighted by molar-refractivity contribution is 8.00. The van der Waals surface area contributed by atoms with Crippen LogP contribution in [-0.4, -0.2) is 40.5 Å². The number of anilines is 1. The summed E-state index contributed by atoms with van der Waals surface area (Å²) in [5.41, 5.74) is 0.421. The summed E-state index contributed by atoms with van der Waals surface area (Å²) in [5.74, 6) is -1.05. The summed E-state index contributed by atoms with van der Waals surface area (Å²) >= 11 is 1.73. The van der Waals surface area contributed by atoms with Crippen molar-refractivity contribution in [1.82, 2.24) is 10.2 Å². The van der Waals surface area contributed by atoms with Crippen LogP contribution in [0.15, 0.2) is 58.2 Å². The zero-order chi connectivity index (χ0) is 20.4. The predicted octanol–water partition coefficient (Wildman–Crippen LogP) is 3.00. The number of hydrogen-bond donors (Lipinski definition) is 1. The predicted molar refractivity (Wildman–Crippen MR) is 111 cm³/mol. The van der Waals surface area contributed by atoms with E-state index < -0.39 is 12.6 Å². The maximum Gasteiger partial charge on any atom is 0.359 e. The molecule has 0 spiro atoms. The molecule has 1 amide bonds. The van der Waals surface area contributed by atoms with Crippen LogP contribution in [-0.2, 0) is 9.53 Å². The van der Waals surface area contributed by atoms with Crippen molar-refractivity contribution in [1.29, 1.82) is 0 Å². The normalized spacial score (nSPS) is 16.2. The van der Waals surface area contributed by atoms with E-state index in [4.69, 9.17) is 4.74 Å². The molecule has 1 N–H and O–H groups in total. The van der Waals surface area contributed by atoms with Crippen molar-refractivity contribution in [2.45, 2.75) is 23.5 Å². The standard InChI is InChI=1S/C21H19N3O4S/c1-13-10-11-24(16-8-4-5-9-17(16)29-13)18(25)12-28-21(27)19-14-6-2-3-7-15(14)20(26)23-22-19/h2-9,13H,10-12H2,1H3,(H,23,26)/t13-/m1/s1. The quantitative estimate of drug-likeness (QED) is 0.669. The molecule has 1 aliphatic heterocycles. The van der Waals surface area contributed by atoms with Gasteiger partial charge in [-0.25, -0.2) is 9.89 Å². The Morgan fingerprint density at radius 3 is 2.72 bits per heavy atom. The number of hydrogen-bond acceptors (Lipinski definition) is 6. The molecule has 29 heavy (non-hydrogen) atoms. The molecule has 1 atom stereocenters. The molecule has 7 nitrogen and oxygen atoms in total. The Morgan fingerprint density at radius 1 is 1.17 bits per heavy atom. The molecule has 2 aromatic carbocycles. The molecule has 148 valence electrons. The zero-order valence-corrected chi connectivity index (χ0v) is 16.6. The van der Waals surface area contributed by atoms with Gasteiger partial charge in [-0.1, -0.05) is 37.3 Å². The number of aromatic amines is 1. The number of fused-ring (bicyclic) bond motifs is 2. The number of benzene rings is 2. The van der Waals surface area contributed by atoms with Crippen LogP contribution in [0, 0.1) is 0 Å².